The van der Waals surface area contributed by atoms with Crippen molar-refractivity contribution >= 4 is 40.7 Å². The molecule has 0 bridgehead atoms. The molecule has 0 spiro atoms. The second-order valence-electron chi connectivity index (χ2n) is 6.28. The van der Waals surface area contributed by atoms with Crippen molar-refractivity contribution in [2.75, 3.05) is 5.01 Å². The number of benzene rings is 2. The highest BCUT2D eigenvalue weighted by Gasteiger charge is 2.44. The number of hydrazone groups is 1. The van der Waals surface area contributed by atoms with Crippen LogP contribution in [-0.4, -0.2) is 28.5 Å². The second kappa shape index (κ2) is 7.72. The monoisotopic (exact) mass is 384 g/mol. The largest absolute Gasteiger partial charge is 0.481 e. The zero-order valence-electron chi connectivity index (χ0n) is 14.5. The van der Waals surface area contributed by atoms with Crippen LogP contribution in [0.2, 0.25) is 5.02 Å². The number of ketones is 1. The number of halogens is 1. The topological polar surface area (TPSA) is 87.0 Å². The zero-order chi connectivity index (χ0) is 19.6. The summed E-state index contributed by atoms with van der Waals surface area (Å²) in [5.41, 5.74) is 1.28. The molecule has 2 aromatic carbocycles. The SMILES string of the molecule is CC1=NN(c2ccccc2)C(=O)[C@@H]1[C@@H](CC(=O)c1ccc(Cl)cc1)C(=O)O. The van der Waals surface area contributed by atoms with E-state index in [1.807, 2.05) is 6.07 Å². The lowest BCUT2D eigenvalue weighted by molar-refractivity contribution is -0.144. The highest BCUT2D eigenvalue weighted by molar-refractivity contribution is 6.30. The normalized spacial score (nSPS) is 17.6. The summed E-state index contributed by atoms with van der Waals surface area (Å²) >= 11 is 5.82. The molecule has 0 saturated heterocycles. The van der Waals surface area contributed by atoms with E-state index in [2.05, 4.69) is 5.10 Å². The Morgan fingerprint density at radius 2 is 1.78 bits per heavy atom. The number of hydrogen-bond donors (Lipinski definition) is 1. The summed E-state index contributed by atoms with van der Waals surface area (Å²) in [6.07, 6.45) is -0.303. The number of aliphatic carboxylic acids is 1. The number of carboxylic acid groups (broad SMARTS) is 1. The number of nitrogens with zero attached hydrogens (tertiary/aromatic N) is 2. The van der Waals surface area contributed by atoms with Gasteiger partial charge in [-0.3, -0.25) is 14.4 Å². The Hall–Kier alpha value is -2.99. The third-order valence-corrected chi connectivity index (χ3v) is 4.73. The molecule has 0 aromatic heterocycles. The Kier molecular flexibility index (Phi) is 5.37. The molecule has 1 N–H and O–H groups in total. The summed E-state index contributed by atoms with van der Waals surface area (Å²) in [6.45, 7) is 1.61. The highest BCUT2D eigenvalue weighted by atomic mass is 35.5. The number of hydrogen-bond acceptors (Lipinski definition) is 4. The maximum atomic E-state index is 12.8. The molecular weight excluding hydrogens is 368 g/mol. The first-order valence-electron chi connectivity index (χ1n) is 8.34. The summed E-state index contributed by atoms with van der Waals surface area (Å²) < 4.78 is 0. The smallest absolute Gasteiger partial charge is 0.308 e. The van der Waals surface area contributed by atoms with E-state index in [4.69, 9.17) is 11.6 Å². The summed E-state index contributed by atoms with van der Waals surface area (Å²) in [7, 11) is 0. The lowest BCUT2D eigenvalue weighted by Gasteiger charge is -2.19. The maximum absolute atomic E-state index is 12.8. The van der Waals surface area contributed by atoms with Gasteiger partial charge in [0.05, 0.1) is 17.5 Å². The molecule has 1 heterocycles. The second-order valence-corrected chi connectivity index (χ2v) is 6.72. The average molecular weight is 385 g/mol. The van der Waals surface area contributed by atoms with E-state index in [-0.39, 0.29) is 12.2 Å². The molecule has 6 nitrogen and oxygen atoms in total. The fourth-order valence-corrected chi connectivity index (χ4v) is 3.22. The van der Waals surface area contributed by atoms with Gasteiger partial charge in [0.25, 0.3) is 5.91 Å². The van der Waals surface area contributed by atoms with Crippen molar-refractivity contribution in [2.45, 2.75) is 13.3 Å². The minimum absolute atomic E-state index is 0.303. The number of carbonyl (C=O) groups excluding carboxylic acids is 2. The van der Waals surface area contributed by atoms with Gasteiger partial charge in [0.15, 0.2) is 5.78 Å². The molecule has 0 fully saturated rings. The predicted octanol–water partition coefficient (Wildman–Crippen LogP) is 3.65. The van der Waals surface area contributed by atoms with Gasteiger partial charge in [-0.2, -0.15) is 5.10 Å². The maximum Gasteiger partial charge on any atom is 0.308 e. The summed E-state index contributed by atoms with van der Waals surface area (Å²) in [5, 5.41) is 15.6. The lowest BCUT2D eigenvalue weighted by Crippen LogP contribution is -2.37. The minimum atomic E-state index is -1.21. The minimum Gasteiger partial charge on any atom is -0.481 e. The molecule has 1 aliphatic heterocycles. The van der Waals surface area contributed by atoms with Crippen molar-refractivity contribution in [3.63, 3.8) is 0 Å². The van der Waals surface area contributed by atoms with Crippen LogP contribution in [0.3, 0.4) is 0 Å². The van der Waals surface area contributed by atoms with Gasteiger partial charge in [0.2, 0.25) is 0 Å². The van der Waals surface area contributed by atoms with Crippen molar-refractivity contribution in [1.29, 1.82) is 0 Å². The number of carbonyl (C=O) groups is 3. The number of rotatable bonds is 6. The van der Waals surface area contributed by atoms with Gasteiger partial charge in [-0.15, -0.1) is 0 Å². The van der Waals surface area contributed by atoms with E-state index in [1.165, 1.54) is 17.1 Å². The summed E-state index contributed by atoms with van der Waals surface area (Å²) in [6, 6.07) is 15.0. The Bertz CT molecular complexity index is 909. The van der Waals surface area contributed by atoms with Gasteiger partial charge in [0.1, 0.15) is 0 Å². The zero-order valence-corrected chi connectivity index (χ0v) is 15.3. The molecule has 0 aliphatic carbocycles. The van der Waals surface area contributed by atoms with Gasteiger partial charge in [-0.05, 0) is 43.3 Å². The molecule has 138 valence electrons. The first-order chi connectivity index (χ1) is 12.9. The highest BCUT2D eigenvalue weighted by Crippen LogP contribution is 2.31. The van der Waals surface area contributed by atoms with Crippen LogP contribution in [0.1, 0.15) is 23.7 Å². The summed E-state index contributed by atoms with van der Waals surface area (Å²) in [5.74, 6) is -4.20. The van der Waals surface area contributed by atoms with Crippen LogP contribution in [0.5, 0.6) is 0 Å². The molecule has 2 atom stereocenters. The average Bonchev–Trinajstić information content (AvgIpc) is 2.95. The standard InChI is InChI=1S/C20H17ClN2O4/c1-12-18(19(25)23(22-12)15-5-3-2-4-6-15)16(20(26)27)11-17(24)13-7-9-14(21)10-8-13/h2-10,16,18H,11H2,1H3,(H,26,27)/t16-,18+/m1/s1. The van der Waals surface area contributed by atoms with Crippen LogP contribution >= 0.6 is 11.6 Å². The predicted molar refractivity (Wildman–Crippen MR) is 102 cm³/mol. The van der Waals surface area contributed by atoms with Gasteiger partial charge in [0, 0.05) is 22.7 Å². The molecule has 0 radical (unpaired) electrons. The van der Waals surface area contributed by atoms with Gasteiger partial charge in [-0.25, -0.2) is 5.01 Å². The number of carboxylic acids is 1. The van der Waals surface area contributed by atoms with E-state index in [0.29, 0.717) is 22.0 Å². The quantitative estimate of drug-likeness (QED) is 0.770. The summed E-state index contributed by atoms with van der Waals surface area (Å²) in [4.78, 5) is 37.2. The third kappa shape index (κ3) is 3.90. The number of amides is 1. The molecule has 2 aromatic rings. The molecule has 1 aliphatic rings. The molecule has 0 unspecified atom stereocenters. The number of para-hydroxylation sites is 1. The molecule has 27 heavy (non-hydrogen) atoms. The lowest BCUT2D eigenvalue weighted by atomic mass is 9.83. The van der Waals surface area contributed by atoms with E-state index >= 15 is 0 Å². The molecule has 0 saturated carbocycles. The Balaban J connectivity index is 1.84. The molecule has 3 rings (SSSR count). The third-order valence-electron chi connectivity index (χ3n) is 4.47. The van der Waals surface area contributed by atoms with E-state index in [0.717, 1.165) is 0 Å². The van der Waals surface area contributed by atoms with Crippen LogP contribution in [-0.2, 0) is 9.59 Å². The van der Waals surface area contributed by atoms with Crippen LogP contribution in [0.15, 0.2) is 59.7 Å². The van der Waals surface area contributed by atoms with Gasteiger partial charge < -0.3 is 5.11 Å². The fourth-order valence-electron chi connectivity index (χ4n) is 3.10. The van der Waals surface area contributed by atoms with E-state index in [9.17, 15) is 19.5 Å². The van der Waals surface area contributed by atoms with Gasteiger partial charge >= 0.3 is 5.97 Å². The van der Waals surface area contributed by atoms with E-state index in [1.54, 1.807) is 43.3 Å². The van der Waals surface area contributed by atoms with Crippen LogP contribution in [0.25, 0.3) is 0 Å². The number of Topliss-reactive ketones (excluding diaryl/α,β-unsaturated/α-hetero) is 1. The van der Waals surface area contributed by atoms with Crippen LogP contribution < -0.4 is 5.01 Å². The van der Waals surface area contributed by atoms with E-state index < -0.39 is 23.7 Å². The Labute approximate surface area is 161 Å². The molecular formula is C20H17ClN2O4. The molecule has 1 amide bonds. The Morgan fingerprint density at radius 3 is 2.37 bits per heavy atom. The van der Waals surface area contributed by atoms with Gasteiger partial charge in [-0.1, -0.05) is 29.8 Å². The fraction of sp³-hybridized carbons (Fsp3) is 0.200. The van der Waals surface area contributed by atoms with Crippen molar-refractivity contribution in [3.05, 3.63) is 65.2 Å². The first-order valence-corrected chi connectivity index (χ1v) is 8.72. The van der Waals surface area contributed by atoms with Crippen LogP contribution in [0, 0.1) is 11.8 Å². The Morgan fingerprint density at radius 1 is 1.15 bits per heavy atom. The first kappa shape index (κ1) is 18.8. The number of anilines is 1. The van der Waals surface area contributed by atoms with Crippen molar-refractivity contribution < 1.29 is 19.5 Å². The van der Waals surface area contributed by atoms with Crippen LogP contribution in [0.4, 0.5) is 5.69 Å². The van der Waals surface area contributed by atoms with Crippen molar-refractivity contribution in [2.24, 2.45) is 16.9 Å². The van der Waals surface area contributed by atoms with Crippen molar-refractivity contribution in [1.82, 2.24) is 0 Å². The molecule has 7 heteroatoms. The van der Waals surface area contributed by atoms with Crippen molar-refractivity contribution in [3.8, 4) is 0 Å².